The molecule has 188 valence electrons. The van der Waals surface area contributed by atoms with Crippen LogP contribution in [-0.2, 0) is 5.41 Å². The van der Waals surface area contributed by atoms with Gasteiger partial charge in [0.25, 0.3) is 0 Å². The Hall–Kier alpha value is -4.12. The molecule has 0 atom stereocenters. The first-order chi connectivity index (χ1) is 18.3. The van der Waals surface area contributed by atoms with Crippen LogP contribution in [0.4, 0.5) is 17.1 Å². The van der Waals surface area contributed by atoms with E-state index >= 15 is 0 Å². The molecular weight excluding hydrogens is 465 g/mol. The third-order valence-electron chi connectivity index (χ3n) is 7.38. The normalized spacial score (nSPS) is 13.8. The largest absolute Gasteiger partial charge is 0.488 e. The molecule has 5 rings (SSSR count). The van der Waals surface area contributed by atoms with Gasteiger partial charge in [0.2, 0.25) is 0 Å². The highest BCUT2D eigenvalue weighted by atomic mass is 16.4. The average Bonchev–Trinajstić information content (AvgIpc) is 3.16. The van der Waals surface area contributed by atoms with Crippen molar-refractivity contribution in [1.29, 1.82) is 0 Å². The predicted octanol–water partition coefficient (Wildman–Crippen LogP) is 7.29. The fourth-order valence-corrected chi connectivity index (χ4v) is 5.43. The van der Waals surface area contributed by atoms with Crippen molar-refractivity contribution in [2.75, 3.05) is 4.90 Å². The van der Waals surface area contributed by atoms with Gasteiger partial charge >= 0.3 is 7.12 Å². The van der Waals surface area contributed by atoms with Crippen molar-refractivity contribution in [1.82, 2.24) is 0 Å². The van der Waals surface area contributed by atoms with Gasteiger partial charge in [-0.15, -0.1) is 0 Å². The van der Waals surface area contributed by atoms with Crippen molar-refractivity contribution >= 4 is 35.2 Å². The van der Waals surface area contributed by atoms with Crippen LogP contribution >= 0.6 is 0 Å². The Kier molecular flexibility index (Phi) is 6.94. The average molecular weight is 497 g/mol. The van der Waals surface area contributed by atoms with Gasteiger partial charge in [0.05, 0.1) is 0 Å². The molecular formula is C34H32BNO2. The predicted molar refractivity (Wildman–Crippen MR) is 162 cm³/mol. The summed E-state index contributed by atoms with van der Waals surface area (Å²) in [5.74, 6) is 0. The molecule has 0 spiro atoms. The van der Waals surface area contributed by atoms with Gasteiger partial charge in [-0.2, -0.15) is 0 Å². The lowest BCUT2D eigenvalue weighted by molar-refractivity contribution is 0.426. The fourth-order valence-electron chi connectivity index (χ4n) is 5.43. The highest BCUT2D eigenvalue weighted by Crippen LogP contribution is 2.50. The van der Waals surface area contributed by atoms with Crippen molar-refractivity contribution in [2.45, 2.75) is 26.2 Å². The first-order valence-corrected chi connectivity index (χ1v) is 12.9. The van der Waals surface area contributed by atoms with Crippen molar-refractivity contribution in [3.8, 4) is 11.1 Å². The second kappa shape index (κ2) is 10.3. The molecule has 2 N–H and O–H groups in total. The molecule has 38 heavy (non-hydrogen) atoms. The standard InChI is InChI=1S/C34H32BNO2/c1-5-9-24(10-6-2)25-13-17-27(18-14-25)36(28-19-15-26(16-20-28)35(37)38)29-21-22-31-30-11-7-8-12-32(30)34(3,4)33(31)23-29/h5-23,37-38H,1H2,2-4H3/b10-6-,24-9+. The summed E-state index contributed by atoms with van der Waals surface area (Å²) in [4.78, 5) is 2.21. The molecule has 0 unspecified atom stereocenters. The third kappa shape index (κ3) is 4.54. The summed E-state index contributed by atoms with van der Waals surface area (Å²) >= 11 is 0. The third-order valence-corrected chi connectivity index (χ3v) is 7.38. The zero-order valence-corrected chi connectivity index (χ0v) is 22.1. The van der Waals surface area contributed by atoms with Crippen molar-refractivity contribution in [2.24, 2.45) is 0 Å². The van der Waals surface area contributed by atoms with Gasteiger partial charge in [-0.05, 0) is 82.2 Å². The Morgan fingerprint density at radius 3 is 2.03 bits per heavy atom. The Morgan fingerprint density at radius 1 is 0.789 bits per heavy atom. The number of rotatable bonds is 7. The molecule has 0 radical (unpaired) electrons. The second-order valence-corrected chi connectivity index (χ2v) is 10.1. The van der Waals surface area contributed by atoms with Crippen LogP contribution < -0.4 is 10.4 Å². The van der Waals surface area contributed by atoms with Crippen molar-refractivity contribution in [3.63, 3.8) is 0 Å². The molecule has 0 aliphatic heterocycles. The lowest BCUT2D eigenvalue weighted by Crippen LogP contribution is -2.29. The van der Waals surface area contributed by atoms with Crippen LogP contribution in [0.2, 0.25) is 0 Å². The Bertz CT molecular complexity index is 1530. The number of benzene rings is 4. The molecule has 1 aliphatic rings. The minimum atomic E-state index is -1.50. The minimum Gasteiger partial charge on any atom is -0.423 e. The van der Waals surface area contributed by atoms with E-state index in [-0.39, 0.29) is 5.41 Å². The summed E-state index contributed by atoms with van der Waals surface area (Å²) < 4.78 is 0. The van der Waals surface area contributed by atoms with E-state index in [4.69, 9.17) is 0 Å². The molecule has 4 heteroatoms. The smallest absolute Gasteiger partial charge is 0.423 e. The number of nitrogens with zero attached hydrogens (tertiary/aromatic N) is 1. The van der Waals surface area contributed by atoms with E-state index < -0.39 is 7.12 Å². The summed E-state index contributed by atoms with van der Waals surface area (Å²) in [5.41, 5.74) is 10.7. The molecule has 0 bridgehead atoms. The summed E-state index contributed by atoms with van der Waals surface area (Å²) in [6, 6.07) is 31.2. The van der Waals surface area contributed by atoms with E-state index in [1.54, 1.807) is 18.2 Å². The van der Waals surface area contributed by atoms with Crippen LogP contribution in [0.5, 0.6) is 0 Å². The van der Waals surface area contributed by atoms with E-state index in [9.17, 15) is 10.0 Å². The molecule has 0 fully saturated rings. The van der Waals surface area contributed by atoms with Gasteiger partial charge < -0.3 is 14.9 Å². The molecule has 0 heterocycles. The highest BCUT2D eigenvalue weighted by molar-refractivity contribution is 6.58. The molecule has 3 nitrogen and oxygen atoms in total. The Labute approximate surface area is 225 Å². The lowest BCUT2D eigenvalue weighted by atomic mass is 9.80. The zero-order valence-electron chi connectivity index (χ0n) is 22.1. The van der Waals surface area contributed by atoms with E-state index in [1.807, 2.05) is 31.2 Å². The molecule has 0 amide bonds. The maximum absolute atomic E-state index is 9.63. The first-order valence-electron chi connectivity index (χ1n) is 12.9. The van der Waals surface area contributed by atoms with Crippen molar-refractivity contribution < 1.29 is 10.0 Å². The maximum Gasteiger partial charge on any atom is 0.488 e. The van der Waals surface area contributed by atoms with E-state index in [0.29, 0.717) is 5.46 Å². The SMILES string of the molecule is C=C/C=C(\C=C/C)c1ccc(N(c2ccc(B(O)O)cc2)c2ccc3c(c2)C(C)(C)c2ccccc2-3)cc1. The molecule has 4 aromatic rings. The number of allylic oxidation sites excluding steroid dienone is 5. The zero-order chi connectivity index (χ0) is 26.9. The van der Waals surface area contributed by atoms with Crippen molar-refractivity contribution in [3.05, 3.63) is 139 Å². The maximum atomic E-state index is 9.63. The summed E-state index contributed by atoms with van der Waals surface area (Å²) in [6.07, 6.45) is 7.91. The first kappa shape index (κ1) is 25.5. The number of fused-ring (bicyclic) bond motifs is 3. The summed E-state index contributed by atoms with van der Waals surface area (Å²) in [7, 11) is -1.50. The fraction of sp³-hybridized carbons (Fsp3) is 0.118. The molecule has 0 saturated carbocycles. The molecule has 4 aromatic carbocycles. The minimum absolute atomic E-state index is 0.112. The van der Waals surface area contributed by atoms with Gasteiger partial charge in [-0.1, -0.05) is 99.3 Å². The van der Waals surface area contributed by atoms with E-state index in [0.717, 1.165) is 28.2 Å². The highest BCUT2D eigenvalue weighted by Gasteiger charge is 2.35. The van der Waals surface area contributed by atoms with E-state index in [2.05, 4.69) is 98.1 Å². The van der Waals surface area contributed by atoms with Crippen LogP contribution in [0.25, 0.3) is 16.7 Å². The van der Waals surface area contributed by atoms with Crippen LogP contribution in [0, 0.1) is 0 Å². The Balaban J connectivity index is 1.63. The quantitative estimate of drug-likeness (QED) is 0.208. The van der Waals surface area contributed by atoms with Gasteiger partial charge in [0.15, 0.2) is 0 Å². The summed E-state index contributed by atoms with van der Waals surface area (Å²) in [6.45, 7) is 10.4. The second-order valence-electron chi connectivity index (χ2n) is 10.1. The van der Waals surface area contributed by atoms with Gasteiger partial charge in [0, 0.05) is 22.5 Å². The topological polar surface area (TPSA) is 43.7 Å². The molecule has 0 saturated heterocycles. The van der Waals surface area contributed by atoms with Gasteiger partial charge in [-0.3, -0.25) is 0 Å². The Morgan fingerprint density at radius 2 is 1.39 bits per heavy atom. The monoisotopic (exact) mass is 497 g/mol. The van der Waals surface area contributed by atoms with Gasteiger partial charge in [0.1, 0.15) is 0 Å². The van der Waals surface area contributed by atoms with Crippen LogP contribution in [-0.4, -0.2) is 17.2 Å². The van der Waals surface area contributed by atoms with Gasteiger partial charge in [-0.25, -0.2) is 0 Å². The number of anilines is 3. The van der Waals surface area contributed by atoms with Crippen LogP contribution in [0.3, 0.4) is 0 Å². The number of hydrogen-bond donors (Lipinski definition) is 2. The molecule has 1 aliphatic carbocycles. The number of hydrogen-bond acceptors (Lipinski definition) is 3. The lowest BCUT2D eigenvalue weighted by Gasteiger charge is -2.28. The molecule has 0 aromatic heterocycles. The van der Waals surface area contributed by atoms with Crippen LogP contribution in [0.1, 0.15) is 37.5 Å². The van der Waals surface area contributed by atoms with E-state index in [1.165, 1.54) is 22.3 Å². The summed E-state index contributed by atoms with van der Waals surface area (Å²) in [5, 5.41) is 19.3. The van der Waals surface area contributed by atoms with Crippen LogP contribution in [0.15, 0.2) is 122 Å².